The highest BCUT2D eigenvalue weighted by atomic mass is 16.5. The molecule has 0 bridgehead atoms. The first-order valence-electron chi connectivity index (χ1n) is 8.88. The number of amides is 1. The van der Waals surface area contributed by atoms with E-state index in [9.17, 15) is 4.79 Å². The van der Waals surface area contributed by atoms with E-state index < -0.39 is 0 Å². The largest absolute Gasteiger partial charge is 0.497 e. The van der Waals surface area contributed by atoms with Gasteiger partial charge in [0.1, 0.15) is 5.75 Å². The van der Waals surface area contributed by atoms with Crippen LogP contribution in [0, 0.1) is 0 Å². The van der Waals surface area contributed by atoms with Crippen LogP contribution in [0.4, 0.5) is 11.6 Å². The second-order valence-corrected chi connectivity index (χ2v) is 6.44. The zero-order valence-corrected chi connectivity index (χ0v) is 15.2. The first-order chi connectivity index (χ1) is 12.7. The maximum atomic E-state index is 12.4. The van der Waals surface area contributed by atoms with Crippen LogP contribution in [0.25, 0.3) is 0 Å². The third-order valence-electron chi connectivity index (χ3n) is 4.49. The number of ether oxygens (including phenoxy) is 1. The molecule has 0 saturated carbocycles. The summed E-state index contributed by atoms with van der Waals surface area (Å²) in [6.07, 6.45) is 5.58. The van der Waals surface area contributed by atoms with E-state index in [1.165, 1.54) is 0 Å². The Morgan fingerprint density at radius 3 is 2.69 bits per heavy atom. The van der Waals surface area contributed by atoms with Gasteiger partial charge in [0.05, 0.1) is 13.2 Å². The molecule has 0 radical (unpaired) electrons. The third kappa shape index (κ3) is 4.70. The van der Waals surface area contributed by atoms with Crippen LogP contribution in [0.15, 0.2) is 42.7 Å². The average molecular weight is 355 g/mol. The number of hydrogen-bond acceptors (Lipinski definition) is 6. The first-order valence-corrected chi connectivity index (χ1v) is 8.88. The molecule has 2 N–H and O–H groups in total. The minimum atomic E-state index is -0.293. The fourth-order valence-electron chi connectivity index (χ4n) is 3.10. The van der Waals surface area contributed by atoms with Gasteiger partial charge < -0.3 is 20.3 Å². The molecule has 1 aromatic heterocycles. The van der Waals surface area contributed by atoms with E-state index in [1.54, 1.807) is 19.5 Å². The lowest BCUT2D eigenvalue weighted by Crippen LogP contribution is -2.51. The summed E-state index contributed by atoms with van der Waals surface area (Å²) in [5, 5.41) is 6.36. The highest BCUT2D eigenvalue weighted by Crippen LogP contribution is 2.17. The van der Waals surface area contributed by atoms with Crippen molar-refractivity contribution in [1.82, 2.24) is 15.3 Å². The quantitative estimate of drug-likeness (QED) is 0.826. The van der Waals surface area contributed by atoms with Gasteiger partial charge in [-0.3, -0.25) is 4.79 Å². The number of methoxy groups -OCH3 is 1. The van der Waals surface area contributed by atoms with E-state index in [0.717, 1.165) is 43.3 Å². The number of nitrogens with one attached hydrogen (secondary N) is 2. The molecule has 0 aliphatic carbocycles. The Hall–Kier alpha value is -2.67. The summed E-state index contributed by atoms with van der Waals surface area (Å²) in [4.78, 5) is 23.2. The van der Waals surface area contributed by atoms with E-state index in [0.29, 0.717) is 0 Å². The van der Waals surface area contributed by atoms with Crippen LogP contribution in [-0.4, -0.2) is 48.2 Å². The molecule has 1 aliphatic rings. The molecule has 2 heterocycles. The van der Waals surface area contributed by atoms with Crippen LogP contribution in [-0.2, 0) is 4.79 Å². The van der Waals surface area contributed by atoms with E-state index in [2.05, 4.69) is 25.5 Å². The van der Waals surface area contributed by atoms with Crippen LogP contribution in [0.5, 0.6) is 5.75 Å². The normalized spacial score (nSPS) is 18.2. The molecule has 1 saturated heterocycles. The summed E-state index contributed by atoms with van der Waals surface area (Å²) in [5.41, 5.74) is 0.757. The van der Waals surface area contributed by atoms with Gasteiger partial charge in [-0.05, 0) is 50.1 Å². The smallest absolute Gasteiger partial charge is 0.241 e. The van der Waals surface area contributed by atoms with Gasteiger partial charge in [-0.25, -0.2) is 9.97 Å². The van der Waals surface area contributed by atoms with Gasteiger partial charge in [-0.15, -0.1) is 0 Å². The van der Waals surface area contributed by atoms with Crippen LogP contribution in [0.2, 0.25) is 0 Å². The molecule has 1 aliphatic heterocycles. The lowest BCUT2D eigenvalue weighted by Gasteiger charge is -2.34. The Balaban J connectivity index is 1.53. The van der Waals surface area contributed by atoms with Crippen molar-refractivity contribution in [2.75, 3.05) is 30.4 Å². The number of nitrogens with zero attached hydrogens (tertiary/aromatic N) is 3. The van der Waals surface area contributed by atoms with Gasteiger partial charge in [-0.2, -0.15) is 0 Å². The van der Waals surface area contributed by atoms with Crippen LogP contribution in [0.1, 0.15) is 19.8 Å². The summed E-state index contributed by atoms with van der Waals surface area (Å²) in [7, 11) is 1.62. The van der Waals surface area contributed by atoms with Crippen molar-refractivity contribution in [3.63, 3.8) is 0 Å². The van der Waals surface area contributed by atoms with E-state index in [4.69, 9.17) is 4.74 Å². The molecule has 7 nitrogen and oxygen atoms in total. The summed E-state index contributed by atoms with van der Waals surface area (Å²) >= 11 is 0. The molecule has 138 valence electrons. The maximum absolute atomic E-state index is 12.4. The van der Waals surface area contributed by atoms with Crippen molar-refractivity contribution in [2.45, 2.75) is 31.8 Å². The molecular formula is C19H25N5O2. The number of carbonyl (C=O) groups excluding carboxylic acids is 1. The molecular weight excluding hydrogens is 330 g/mol. The van der Waals surface area contributed by atoms with Crippen LogP contribution >= 0.6 is 0 Å². The molecule has 0 spiro atoms. The number of aromatic nitrogens is 2. The third-order valence-corrected chi connectivity index (χ3v) is 4.49. The molecule has 2 aromatic rings. The number of benzene rings is 1. The zero-order valence-electron chi connectivity index (χ0n) is 15.2. The highest BCUT2D eigenvalue weighted by molar-refractivity contribution is 5.94. The van der Waals surface area contributed by atoms with Crippen molar-refractivity contribution in [3.05, 3.63) is 42.7 Å². The number of hydrogen-bond donors (Lipinski definition) is 2. The average Bonchev–Trinajstić information content (AvgIpc) is 2.69. The topological polar surface area (TPSA) is 79.4 Å². The van der Waals surface area contributed by atoms with Crippen molar-refractivity contribution >= 4 is 17.5 Å². The number of piperidine rings is 1. The Morgan fingerprint density at radius 1 is 1.27 bits per heavy atom. The van der Waals surface area contributed by atoms with Crippen LogP contribution < -0.4 is 20.3 Å². The molecule has 2 atom stereocenters. The Morgan fingerprint density at radius 2 is 2.00 bits per heavy atom. The number of rotatable bonds is 6. The minimum Gasteiger partial charge on any atom is -0.497 e. The lowest BCUT2D eigenvalue weighted by atomic mass is 10.0. The van der Waals surface area contributed by atoms with Crippen molar-refractivity contribution in [2.24, 2.45) is 0 Å². The zero-order chi connectivity index (χ0) is 18.4. The molecule has 7 heteroatoms. The SMILES string of the molecule is COc1ccc(NC(=O)C(C)NC2CCCN(c3ncccn3)C2)cc1. The standard InChI is InChI=1S/C19H25N5O2/c1-14(18(25)23-15-6-8-17(26-2)9-7-15)22-16-5-3-12-24(13-16)19-20-10-4-11-21-19/h4,6-11,14,16,22H,3,5,12-13H2,1-2H3,(H,23,25). The van der Waals surface area contributed by atoms with Gasteiger partial charge in [0.2, 0.25) is 11.9 Å². The van der Waals surface area contributed by atoms with Crippen molar-refractivity contribution in [1.29, 1.82) is 0 Å². The fourth-order valence-corrected chi connectivity index (χ4v) is 3.10. The van der Waals surface area contributed by atoms with E-state index in [-0.39, 0.29) is 18.0 Å². The summed E-state index contributed by atoms with van der Waals surface area (Å²) in [5.74, 6) is 1.46. The lowest BCUT2D eigenvalue weighted by molar-refractivity contribution is -0.118. The first kappa shape index (κ1) is 18.1. The molecule has 3 rings (SSSR count). The van der Waals surface area contributed by atoms with Gasteiger partial charge in [0.15, 0.2) is 0 Å². The van der Waals surface area contributed by atoms with E-state index in [1.807, 2.05) is 37.3 Å². The van der Waals surface area contributed by atoms with Gasteiger partial charge in [0.25, 0.3) is 0 Å². The fraction of sp³-hybridized carbons (Fsp3) is 0.421. The molecule has 1 amide bonds. The predicted octanol–water partition coefficient (Wildman–Crippen LogP) is 2.07. The molecule has 1 fully saturated rings. The highest BCUT2D eigenvalue weighted by Gasteiger charge is 2.24. The molecule has 2 unspecified atom stereocenters. The second-order valence-electron chi connectivity index (χ2n) is 6.44. The van der Waals surface area contributed by atoms with Gasteiger partial charge >= 0.3 is 0 Å². The minimum absolute atomic E-state index is 0.0525. The van der Waals surface area contributed by atoms with Crippen LogP contribution in [0.3, 0.4) is 0 Å². The number of carbonyl (C=O) groups is 1. The Labute approximate surface area is 153 Å². The molecule has 1 aromatic carbocycles. The maximum Gasteiger partial charge on any atom is 0.241 e. The second kappa shape index (κ2) is 8.62. The monoisotopic (exact) mass is 355 g/mol. The Kier molecular flexibility index (Phi) is 6.01. The summed E-state index contributed by atoms with van der Waals surface area (Å²) in [6.45, 7) is 3.62. The van der Waals surface area contributed by atoms with Crippen molar-refractivity contribution in [3.8, 4) is 5.75 Å². The van der Waals surface area contributed by atoms with Gasteiger partial charge in [0, 0.05) is 37.2 Å². The van der Waals surface area contributed by atoms with Crippen molar-refractivity contribution < 1.29 is 9.53 Å². The summed E-state index contributed by atoms with van der Waals surface area (Å²) < 4.78 is 5.13. The predicted molar refractivity (Wildman–Crippen MR) is 101 cm³/mol. The number of anilines is 2. The Bertz CT molecular complexity index is 708. The van der Waals surface area contributed by atoms with E-state index >= 15 is 0 Å². The molecule has 26 heavy (non-hydrogen) atoms. The van der Waals surface area contributed by atoms with Gasteiger partial charge in [-0.1, -0.05) is 0 Å². The summed E-state index contributed by atoms with van der Waals surface area (Å²) in [6, 6.07) is 9.06.